The molecule has 5 rings (SSSR count). The molecule has 0 saturated heterocycles. The second kappa shape index (κ2) is 9.86. The number of nitrogens with zero attached hydrogens (tertiary/aromatic N) is 4. The summed E-state index contributed by atoms with van der Waals surface area (Å²) in [6.45, 7) is 0.511. The number of hydrazone groups is 1. The van der Waals surface area contributed by atoms with E-state index in [-0.39, 0.29) is 23.5 Å². The Morgan fingerprint density at radius 1 is 1.21 bits per heavy atom. The predicted octanol–water partition coefficient (Wildman–Crippen LogP) is 5.41. The third kappa shape index (κ3) is 5.15. The van der Waals surface area contributed by atoms with Gasteiger partial charge in [-0.25, -0.2) is 9.40 Å². The molecule has 0 aliphatic carbocycles. The molecule has 3 aromatic heterocycles. The number of hydrogen-bond donors (Lipinski definition) is 1. The van der Waals surface area contributed by atoms with E-state index >= 15 is 0 Å². The molecule has 1 atom stereocenters. The average molecular weight is 500 g/mol. The second-order valence-electron chi connectivity index (χ2n) is 7.14. The van der Waals surface area contributed by atoms with Crippen molar-refractivity contribution in [2.75, 3.05) is 11.1 Å². The van der Waals surface area contributed by atoms with Crippen LogP contribution in [0.1, 0.15) is 28.7 Å². The molecule has 0 spiro atoms. The summed E-state index contributed by atoms with van der Waals surface area (Å²) in [4.78, 5) is 14.1. The Balaban J connectivity index is 1.21. The molecule has 0 unspecified atom stereocenters. The molecule has 0 radical (unpaired) electrons. The molecule has 4 heterocycles. The van der Waals surface area contributed by atoms with Gasteiger partial charge >= 0.3 is 0 Å². The van der Waals surface area contributed by atoms with Crippen molar-refractivity contribution in [3.05, 3.63) is 82.2 Å². The minimum absolute atomic E-state index is 0.121. The fourth-order valence-corrected chi connectivity index (χ4v) is 5.66. The first-order valence-electron chi connectivity index (χ1n) is 10.1. The molecule has 4 aromatic rings. The summed E-state index contributed by atoms with van der Waals surface area (Å²) in [7, 11) is 0. The lowest BCUT2D eigenvalue weighted by atomic mass is 10.1. The predicted molar refractivity (Wildman–Crippen MR) is 128 cm³/mol. The van der Waals surface area contributed by atoms with Crippen LogP contribution in [0, 0.1) is 5.82 Å². The van der Waals surface area contributed by atoms with Crippen LogP contribution in [0.2, 0.25) is 0 Å². The number of amides is 1. The van der Waals surface area contributed by atoms with E-state index in [2.05, 4.69) is 20.6 Å². The highest BCUT2D eigenvalue weighted by molar-refractivity contribution is 8.01. The molecule has 11 heteroatoms. The number of furan rings is 1. The van der Waals surface area contributed by atoms with Crippen molar-refractivity contribution in [1.82, 2.24) is 15.2 Å². The highest BCUT2D eigenvalue weighted by Crippen LogP contribution is 2.35. The maximum Gasteiger partial charge on any atom is 0.253 e. The average Bonchev–Trinajstić information content (AvgIpc) is 3.63. The number of aromatic nitrogens is 2. The number of carbonyl (C=O) groups excluding carboxylic acids is 1. The van der Waals surface area contributed by atoms with E-state index in [0.717, 1.165) is 16.2 Å². The minimum Gasteiger partial charge on any atom is -0.467 e. The van der Waals surface area contributed by atoms with E-state index in [1.165, 1.54) is 40.2 Å². The fraction of sp³-hybridized carbons (Fsp3) is 0.182. The normalized spacial score (nSPS) is 15.6. The van der Waals surface area contributed by atoms with Crippen molar-refractivity contribution in [2.45, 2.75) is 23.3 Å². The van der Waals surface area contributed by atoms with Crippen LogP contribution >= 0.6 is 34.4 Å². The Morgan fingerprint density at radius 2 is 2.09 bits per heavy atom. The molecular formula is C22H18FN5O2S3. The number of carbonyl (C=O) groups is 1. The Bertz CT molecular complexity index is 1240. The SMILES string of the molecule is O=C(CSc1nnc(NCc2ccc(F)cc2)s1)N1N=C(c2cccs2)C[C@@H]1c1ccco1. The zero-order chi connectivity index (χ0) is 22.6. The summed E-state index contributed by atoms with van der Waals surface area (Å²) >= 11 is 4.30. The van der Waals surface area contributed by atoms with Gasteiger partial charge in [-0.3, -0.25) is 4.79 Å². The summed E-state index contributed by atoms with van der Waals surface area (Å²) in [6.07, 6.45) is 2.22. The molecule has 1 N–H and O–H groups in total. The number of thiophene rings is 1. The molecule has 0 saturated carbocycles. The van der Waals surface area contributed by atoms with Gasteiger partial charge in [0.1, 0.15) is 17.6 Å². The number of anilines is 1. The first-order chi connectivity index (χ1) is 16.2. The van der Waals surface area contributed by atoms with Gasteiger partial charge in [0.25, 0.3) is 5.91 Å². The Hall–Kier alpha value is -3.02. The van der Waals surface area contributed by atoms with Crippen LogP contribution in [0.3, 0.4) is 0 Å². The Kier molecular flexibility index (Phi) is 6.51. The lowest BCUT2D eigenvalue weighted by molar-refractivity contribution is -0.130. The largest absolute Gasteiger partial charge is 0.467 e. The van der Waals surface area contributed by atoms with Crippen LogP contribution in [-0.2, 0) is 11.3 Å². The van der Waals surface area contributed by atoms with Gasteiger partial charge < -0.3 is 9.73 Å². The third-order valence-electron chi connectivity index (χ3n) is 4.93. The van der Waals surface area contributed by atoms with Gasteiger partial charge in [0, 0.05) is 13.0 Å². The standard InChI is InChI=1S/C22H18FN5O2S3/c23-15-7-5-14(6-8-15)12-24-21-25-26-22(33-21)32-13-20(29)28-17(18-3-1-9-30-18)11-16(27-28)19-4-2-10-31-19/h1-10,17H,11-13H2,(H,24,25)/t17-/m1/s1. The van der Waals surface area contributed by atoms with Crippen molar-refractivity contribution in [2.24, 2.45) is 5.10 Å². The van der Waals surface area contributed by atoms with Crippen molar-refractivity contribution in [3.8, 4) is 0 Å². The van der Waals surface area contributed by atoms with E-state index in [9.17, 15) is 9.18 Å². The summed E-state index contributed by atoms with van der Waals surface area (Å²) in [5.41, 5.74) is 1.82. The van der Waals surface area contributed by atoms with Crippen LogP contribution in [-0.4, -0.2) is 32.6 Å². The van der Waals surface area contributed by atoms with Crippen molar-refractivity contribution >= 4 is 51.2 Å². The fourth-order valence-electron chi connectivity index (χ4n) is 3.34. The van der Waals surface area contributed by atoms with E-state index in [4.69, 9.17) is 4.42 Å². The molecule has 168 valence electrons. The van der Waals surface area contributed by atoms with Gasteiger partial charge in [0.2, 0.25) is 5.13 Å². The zero-order valence-electron chi connectivity index (χ0n) is 17.2. The van der Waals surface area contributed by atoms with Crippen LogP contribution < -0.4 is 5.32 Å². The number of benzene rings is 1. The first kappa shape index (κ1) is 21.8. The quantitative estimate of drug-likeness (QED) is 0.326. The highest BCUT2D eigenvalue weighted by atomic mass is 32.2. The van der Waals surface area contributed by atoms with E-state index in [0.29, 0.717) is 28.2 Å². The Labute approximate surface area is 201 Å². The van der Waals surface area contributed by atoms with Crippen LogP contribution in [0.4, 0.5) is 9.52 Å². The maximum atomic E-state index is 13.1. The van der Waals surface area contributed by atoms with Gasteiger partial charge in [0.05, 0.1) is 22.6 Å². The summed E-state index contributed by atoms with van der Waals surface area (Å²) in [5.74, 6) is 0.512. The summed E-state index contributed by atoms with van der Waals surface area (Å²) in [5, 5.41) is 20.2. The molecule has 1 aromatic carbocycles. The summed E-state index contributed by atoms with van der Waals surface area (Å²) in [6, 6.07) is 13.7. The van der Waals surface area contributed by atoms with Gasteiger partial charge in [-0.2, -0.15) is 5.10 Å². The molecule has 33 heavy (non-hydrogen) atoms. The molecule has 0 fully saturated rings. The number of nitrogens with one attached hydrogen (secondary N) is 1. The maximum absolute atomic E-state index is 13.1. The molecule has 1 aliphatic rings. The minimum atomic E-state index is -0.267. The van der Waals surface area contributed by atoms with Crippen LogP contribution in [0.15, 0.2) is 74.0 Å². The molecule has 7 nitrogen and oxygen atoms in total. The van der Waals surface area contributed by atoms with Crippen LogP contribution in [0.25, 0.3) is 0 Å². The van der Waals surface area contributed by atoms with Gasteiger partial charge in [0.15, 0.2) is 4.34 Å². The second-order valence-corrected chi connectivity index (χ2v) is 10.3. The summed E-state index contributed by atoms with van der Waals surface area (Å²) < 4.78 is 19.3. The van der Waals surface area contributed by atoms with Gasteiger partial charge in [-0.1, -0.05) is 41.3 Å². The van der Waals surface area contributed by atoms with Crippen LogP contribution in [0.5, 0.6) is 0 Å². The van der Waals surface area contributed by atoms with Crippen molar-refractivity contribution in [3.63, 3.8) is 0 Å². The van der Waals surface area contributed by atoms with Gasteiger partial charge in [-0.05, 0) is 41.3 Å². The molecular weight excluding hydrogens is 481 g/mol. The number of hydrogen-bond acceptors (Lipinski definition) is 9. The Morgan fingerprint density at radius 3 is 2.85 bits per heavy atom. The number of rotatable bonds is 8. The lowest BCUT2D eigenvalue weighted by Gasteiger charge is -2.19. The van der Waals surface area contributed by atoms with Crippen molar-refractivity contribution < 1.29 is 13.6 Å². The first-order valence-corrected chi connectivity index (χ1v) is 12.8. The van der Waals surface area contributed by atoms with E-state index < -0.39 is 0 Å². The topological polar surface area (TPSA) is 83.6 Å². The molecule has 0 bridgehead atoms. The van der Waals surface area contributed by atoms with Gasteiger partial charge in [-0.15, -0.1) is 21.5 Å². The van der Waals surface area contributed by atoms with Crippen molar-refractivity contribution in [1.29, 1.82) is 0 Å². The number of thioether (sulfide) groups is 1. The highest BCUT2D eigenvalue weighted by Gasteiger charge is 2.35. The monoisotopic (exact) mass is 499 g/mol. The number of halogens is 1. The smallest absolute Gasteiger partial charge is 0.253 e. The van der Waals surface area contributed by atoms with E-state index in [1.54, 1.807) is 29.7 Å². The third-order valence-corrected chi connectivity index (χ3v) is 7.84. The lowest BCUT2D eigenvalue weighted by Crippen LogP contribution is -2.28. The van der Waals surface area contributed by atoms with E-state index in [1.807, 2.05) is 29.6 Å². The zero-order valence-corrected chi connectivity index (χ0v) is 19.6. The molecule has 1 amide bonds. The molecule has 1 aliphatic heterocycles.